The molecular weight excluding hydrogens is 348 g/mol. The zero-order chi connectivity index (χ0) is 20.4. The second-order valence-corrected chi connectivity index (χ2v) is 7.20. The second kappa shape index (κ2) is 10.7. The maximum absolute atomic E-state index is 11.8. The molecule has 1 rings (SSSR count). The number of benzene rings is 1. The van der Waals surface area contributed by atoms with Crippen LogP contribution in [0.25, 0.3) is 0 Å². The van der Waals surface area contributed by atoms with Gasteiger partial charge in [0.2, 0.25) is 0 Å². The van der Waals surface area contributed by atoms with Gasteiger partial charge in [-0.2, -0.15) is 0 Å². The standard InChI is InChI=1S/C21H30O6/c1-7-12-24-20(23)16-8-10-17(11-9-16)27-18(14-26-21(4,5)6)13-25-19(22)15(2)3/h8-11,18H,2,7,12-14H2,1,3-6H3. The normalized spacial score (nSPS) is 12.2. The molecule has 1 aromatic rings. The Morgan fingerprint density at radius 3 is 2.22 bits per heavy atom. The minimum atomic E-state index is -0.495. The van der Waals surface area contributed by atoms with Crippen LogP contribution < -0.4 is 4.74 Å². The molecule has 0 fully saturated rings. The van der Waals surface area contributed by atoms with Crippen LogP contribution in [0.15, 0.2) is 36.4 Å². The molecule has 27 heavy (non-hydrogen) atoms. The molecule has 0 saturated heterocycles. The quantitative estimate of drug-likeness (QED) is 0.454. The van der Waals surface area contributed by atoms with Crippen LogP contribution in [-0.4, -0.2) is 43.5 Å². The van der Waals surface area contributed by atoms with Crippen molar-refractivity contribution in [2.24, 2.45) is 0 Å². The molecule has 0 radical (unpaired) electrons. The van der Waals surface area contributed by atoms with Gasteiger partial charge in [0.25, 0.3) is 0 Å². The Hall–Kier alpha value is -2.34. The van der Waals surface area contributed by atoms with Crippen molar-refractivity contribution in [3.05, 3.63) is 42.0 Å². The molecule has 0 aromatic heterocycles. The van der Waals surface area contributed by atoms with Crippen LogP contribution in [0.2, 0.25) is 0 Å². The van der Waals surface area contributed by atoms with Gasteiger partial charge in [0.15, 0.2) is 6.10 Å². The van der Waals surface area contributed by atoms with Crippen LogP contribution >= 0.6 is 0 Å². The Morgan fingerprint density at radius 1 is 1.07 bits per heavy atom. The Kier molecular flexibility index (Phi) is 9.02. The van der Waals surface area contributed by atoms with E-state index in [1.165, 1.54) is 0 Å². The first-order chi connectivity index (χ1) is 12.6. The van der Waals surface area contributed by atoms with Crippen molar-refractivity contribution in [1.29, 1.82) is 0 Å². The van der Waals surface area contributed by atoms with Gasteiger partial charge in [0.1, 0.15) is 12.4 Å². The van der Waals surface area contributed by atoms with E-state index >= 15 is 0 Å². The Labute approximate surface area is 161 Å². The molecule has 0 aliphatic heterocycles. The van der Waals surface area contributed by atoms with Crippen molar-refractivity contribution < 1.29 is 28.5 Å². The highest BCUT2D eigenvalue weighted by atomic mass is 16.6. The molecule has 0 spiro atoms. The maximum atomic E-state index is 11.8. The van der Waals surface area contributed by atoms with Crippen LogP contribution in [0.5, 0.6) is 5.75 Å². The van der Waals surface area contributed by atoms with Gasteiger partial charge in [-0.25, -0.2) is 9.59 Å². The van der Waals surface area contributed by atoms with Crippen molar-refractivity contribution >= 4 is 11.9 Å². The monoisotopic (exact) mass is 378 g/mol. The highest BCUT2D eigenvalue weighted by molar-refractivity contribution is 5.89. The summed E-state index contributed by atoms with van der Waals surface area (Å²) in [6.45, 7) is 13.5. The number of ether oxygens (including phenoxy) is 4. The molecule has 0 N–H and O–H groups in total. The van der Waals surface area contributed by atoms with Gasteiger partial charge >= 0.3 is 11.9 Å². The number of hydrogen-bond acceptors (Lipinski definition) is 6. The molecule has 0 amide bonds. The average Bonchev–Trinajstić information content (AvgIpc) is 2.61. The summed E-state index contributed by atoms with van der Waals surface area (Å²) in [7, 11) is 0. The third-order valence-corrected chi connectivity index (χ3v) is 3.28. The largest absolute Gasteiger partial charge is 0.484 e. The van der Waals surface area contributed by atoms with Crippen LogP contribution in [0.4, 0.5) is 0 Å². The molecule has 1 unspecified atom stereocenters. The lowest BCUT2D eigenvalue weighted by atomic mass is 10.2. The molecule has 0 heterocycles. The lowest BCUT2D eigenvalue weighted by molar-refractivity contribution is -0.143. The van der Waals surface area contributed by atoms with E-state index in [2.05, 4.69) is 6.58 Å². The minimum absolute atomic E-state index is 0.0298. The van der Waals surface area contributed by atoms with Gasteiger partial charge in [-0.3, -0.25) is 0 Å². The van der Waals surface area contributed by atoms with Crippen LogP contribution in [-0.2, 0) is 19.0 Å². The van der Waals surface area contributed by atoms with E-state index in [4.69, 9.17) is 18.9 Å². The lowest BCUT2D eigenvalue weighted by Gasteiger charge is -2.25. The van der Waals surface area contributed by atoms with E-state index in [0.717, 1.165) is 6.42 Å². The second-order valence-electron chi connectivity index (χ2n) is 7.20. The molecule has 0 aliphatic carbocycles. The van der Waals surface area contributed by atoms with Gasteiger partial charge < -0.3 is 18.9 Å². The number of carbonyl (C=O) groups excluding carboxylic acids is 2. The summed E-state index contributed by atoms with van der Waals surface area (Å²) in [4.78, 5) is 23.5. The summed E-state index contributed by atoms with van der Waals surface area (Å²) in [5.74, 6) is -0.310. The third-order valence-electron chi connectivity index (χ3n) is 3.28. The summed E-state index contributed by atoms with van der Waals surface area (Å²) in [5.41, 5.74) is 0.416. The predicted octanol–water partition coefficient (Wildman–Crippen LogP) is 3.94. The molecule has 6 nitrogen and oxygen atoms in total. The maximum Gasteiger partial charge on any atom is 0.338 e. The molecule has 0 bridgehead atoms. The summed E-state index contributed by atoms with van der Waals surface area (Å²) in [5, 5.41) is 0. The molecule has 1 atom stereocenters. The molecular formula is C21H30O6. The molecule has 1 aromatic carbocycles. The fourth-order valence-electron chi connectivity index (χ4n) is 1.89. The number of hydrogen-bond donors (Lipinski definition) is 0. The number of rotatable bonds is 10. The first kappa shape index (κ1) is 22.7. The summed E-state index contributed by atoms with van der Waals surface area (Å²) < 4.78 is 21.9. The van der Waals surface area contributed by atoms with Crippen LogP contribution in [0.1, 0.15) is 51.4 Å². The predicted molar refractivity (Wildman–Crippen MR) is 103 cm³/mol. The Balaban J connectivity index is 2.73. The first-order valence-electron chi connectivity index (χ1n) is 9.02. The fraction of sp³-hybridized carbons (Fsp3) is 0.524. The topological polar surface area (TPSA) is 71.1 Å². The van der Waals surface area contributed by atoms with Crippen molar-refractivity contribution in [1.82, 2.24) is 0 Å². The zero-order valence-corrected chi connectivity index (χ0v) is 16.9. The van der Waals surface area contributed by atoms with Crippen LogP contribution in [0.3, 0.4) is 0 Å². The SMILES string of the molecule is C=C(C)C(=O)OCC(COC(C)(C)C)Oc1ccc(C(=O)OCCC)cc1. The van der Waals surface area contributed by atoms with Gasteiger partial charge in [-0.1, -0.05) is 13.5 Å². The van der Waals surface area contributed by atoms with Crippen molar-refractivity contribution in [3.63, 3.8) is 0 Å². The average molecular weight is 378 g/mol. The van der Waals surface area contributed by atoms with Crippen molar-refractivity contribution in [3.8, 4) is 5.75 Å². The molecule has 0 saturated carbocycles. The highest BCUT2D eigenvalue weighted by Gasteiger charge is 2.19. The third kappa shape index (κ3) is 9.24. The van der Waals surface area contributed by atoms with E-state index in [9.17, 15) is 9.59 Å². The van der Waals surface area contributed by atoms with Gasteiger partial charge in [-0.15, -0.1) is 0 Å². The number of esters is 2. The van der Waals surface area contributed by atoms with E-state index in [0.29, 0.717) is 23.5 Å². The van der Waals surface area contributed by atoms with Gasteiger partial charge in [-0.05, 0) is 58.4 Å². The number of carbonyl (C=O) groups is 2. The van der Waals surface area contributed by atoms with E-state index in [-0.39, 0.29) is 24.8 Å². The Morgan fingerprint density at radius 2 is 1.70 bits per heavy atom. The summed E-state index contributed by atoms with van der Waals surface area (Å²) in [6, 6.07) is 6.62. The van der Waals surface area contributed by atoms with E-state index < -0.39 is 12.1 Å². The highest BCUT2D eigenvalue weighted by Crippen LogP contribution is 2.17. The fourth-order valence-corrected chi connectivity index (χ4v) is 1.89. The first-order valence-corrected chi connectivity index (χ1v) is 9.02. The molecule has 0 aliphatic rings. The van der Waals surface area contributed by atoms with Gasteiger partial charge in [0.05, 0.1) is 24.4 Å². The van der Waals surface area contributed by atoms with Crippen molar-refractivity contribution in [2.75, 3.05) is 19.8 Å². The van der Waals surface area contributed by atoms with Crippen LogP contribution in [0, 0.1) is 0 Å². The summed E-state index contributed by atoms with van der Waals surface area (Å²) >= 11 is 0. The van der Waals surface area contributed by atoms with Crippen molar-refractivity contribution in [2.45, 2.75) is 52.7 Å². The molecule has 6 heteroatoms. The zero-order valence-electron chi connectivity index (χ0n) is 16.9. The lowest BCUT2D eigenvalue weighted by Crippen LogP contribution is -2.34. The molecule has 150 valence electrons. The van der Waals surface area contributed by atoms with E-state index in [1.54, 1.807) is 31.2 Å². The Bertz CT molecular complexity index is 627. The van der Waals surface area contributed by atoms with E-state index in [1.807, 2.05) is 27.7 Å². The smallest absolute Gasteiger partial charge is 0.338 e. The summed E-state index contributed by atoms with van der Waals surface area (Å²) in [6.07, 6.45) is 0.274. The van der Waals surface area contributed by atoms with Gasteiger partial charge in [0, 0.05) is 5.57 Å². The minimum Gasteiger partial charge on any atom is -0.484 e.